The Kier molecular flexibility index (Phi) is 6.10. The van der Waals surface area contributed by atoms with E-state index in [1.165, 1.54) is 24.2 Å². The smallest absolute Gasteiger partial charge is 0.264 e. The van der Waals surface area contributed by atoms with Crippen molar-refractivity contribution in [3.05, 3.63) is 59.5 Å². The summed E-state index contributed by atoms with van der Waals surface area (Å²) >= 11 is 1.43. The van der Waals surface area contributed by atoms with Gasteiger partial charge in [0, 0.05) is 36.5 Å². The Labute approximate surface area is 225 Å². The Bertz CT molecular complexity index is 1620. The van der Waals surface area contributed by atoms with Crippen molar-refractivity contribution in [3.8, 4) is 5.88 Å². The minimum Gasteiger partial charge on any atom is -0.466 e. The van der Waals surface area contributed by atoms with Crippen molar-refractivity contribution in [3.63, 3.8) is 0 Å². The molecule has 0 saturated heterocycles. The Hall–Kier alpha value is -3.91. The summed E-state index contributed by atoms with van der Waals surface area (Å²) in [6.45, 7) is 3.96. The van der Waals surface area contributed by atoms with Crippen LogP contribution in [-0.4, -0.2) is 48.7 Å². The molecule has 2 aliphatic rings. The lowest BCUT2D eigenvalue weighted by Crippen LogP contribution is -2.37. The number of methoxy groups -OCH3 is 1. The van der Waals surface area contributed by atoms with Crippen molar-refractivity contribution >= 4 is 39.5 Å². The number of nitrogens with two attached hydrogens (primary N) is 1. The number of fused-ring (bicyclic) bond motifs is 2. The van der Waals surface area contributed by atoms with Gasteiger partial charge in [0.2, 0.25) is 5.88 Å². The molecule has 1 aliphatic carbocycles. The molecule has 14 heteroatoms. The van der Waals surface area contributed by atoms with Gasteiger partial charge in [-0.1, -0.05) is 16.9 Å². The molecule has 6 rings (SSSR count). The number of benzene rings is 1. The molecule has 39 heavy (non-hydrogen) atoms. The van der Waals surface area contributed by atoms with Gasteiger partial charge in [-0.3, -0.25) is 4.99 Å². The van der Waals surface area contributed by atoms with E-state index in [2.05, 4.69) is 35.4 Å². The predicted molar refractivity (Wildman–Crippen MR) is 140 cm³/mol. The van der Waals surface area contributed by atoms with Gasteiger partial charge >= 0.3 is 0 Å². The molecule has 0 spiro atoms. The van der Waals surface area contributed by atoms with E-state index in [0.717, 1.165) is 12.5 Å². The van der Waals surface area contributed by atoms with Gasteiger partial charge < -0.3 is 25.0 Å². The molecule has 3 atom stereocenters. The highest BCUT2D eigenvalue weighted by molar-refractivity contribution is 8.15. The number of halogens is 2. The minimum atomic E-state index is -1.06. The summed E-state index contributed by atoms with van der Waals surface area (Å²) in [5, 5.41) is 7.10. The first kappa shape index (κ1) is 25.4. The fourth-order valence-electron chi connectivity index (χ4n) is 5.12. The number of nitrogens with one attached hydrogen (secondary N) is 1. The first-order valence-corrected chi connectivity index (χ1v) is 12.9. The molecule has 4 aromatic rings. The monoisotopic (exact) mass is 554 g/mol. The van der Waals surface area contributed by atoms with Gasteiger partial charge in [0.1, 0.15) is 5.52 Å². The Morgan fingerprint density at radius 1 is 1.26 bits per heavy atom. The zero-order valence-corrected chi connectivity index (χ0v) is 22.1. The van der Waals surface area contributed by atoms with Crippen LogP contribution < -0.4 is 15.8 Å². The molecule has 0 bridgehead atoms. The average molecular weight is 555 g/mol. The van der Waals surface area contributed by atoms with Gasteiger partial charge in [0.25, 0.3) is 5.89 Å². The molecule has 0 amide bonds. The molecule has 1 fully saturated rings. The maximum Gasteiger partial charge on any atom is 0.264 e. The number of aliphatic imine (C=N–C) groups is 1. The van der Waals surface area contributed by atoms with Crippen molar-refractivity contribution in [1.82, 2.24) is 25.1 Å². The highest BCUT2D eigenvalue weighted by Crippen LogP contribution is 2.66. The number of aromatic nitrogens is 5. The maximum absolute atomic E-state index is 15.3. The molecular formula is C25H24F2N8O3S. The number of nitrogens with zero attached hydrogens (tertiary/aromatic N) is 6. The average Bonchev–Trinajstić information content (AvgIpc) is 3.47. The molecule has 1 aliphatic heterocycles. The van der Waals surface area contributed by atoms with E-state index in [-0.39, 0.29) is 34.4 Å². The van der Waals surface area contributed by atoms with Gasteiger partial charge in [-0.05, 0) is 32.4 Å². The topological polar surface area (TPSA) is 146 Å². The third-order valence-electron chi connectivity index (χ3n) is 6.93. The summed E-state index contributed by atoms with van der Waals surface area (Å²) < 4.78 is 45.9. The second-order valence-electron chi connectivity index (χ2n) is 9.66. The molecule has 0 unspecified atom stereocenters. The van der Waals surface area contributed by atoms with E-state index in [1.807, 2.05) is 0 Å². The van der Waals surface area contributed by atoms with Crippen LogP contribution in [0, 0.1) is 24.5 Å². The zero-order chi connectivity index (χ0) is 27.4. The number of ether oxygens (including phenoxy) is 2. The van der Waals surface area contributed by atoms with Crippen LogP contribution >= 0.6 is 11.8 Å². The first-order chi connectivity index (χ1) is 18.7. The molecule has 1 saturated carbocycles. The van der Waals surface area contributed by atoms with Crippen molar-refractivity contribution in [2.45, 2.75) is 37.2 Å². The molecule has 0 radical (unpaired) electrons. The SMILES string of the molecule is COC[C@]12C[C@H]1[C@@](C)(c1cc(Nc3nccc4nc(OCc5nc(C)no5)cnc34)cc(F)c1F)N=C(N)S2. The van der Waals surface area contributed by atoms with E-state index in [0.29, 0.717) is 40.3 Å². The minimum absolute atomic E-state index is 0.0335. The van der Waals surface area contributed by atoms with Crippen LogP contribution in [-0.2, 0) is 16.9 Å². The van der Waals surface area contributed by atoms with Gasteiger partial charge in [-0.15, -0.1) is 0 Å². The van der Waals surface area contributed by atoms with Crippen molar-refractivity contribution < 1.29 is 22.8 Å². The zero-order valence-electron chi connectivity index (χ0n) is 21.2. The number of pyridine rings is 1. The molecule has 3 aromatic heterocycles. The fourth-order valence-corrected chi connectivity index (χ4v) is 6.57. The van der Waals surface area contributed by atoms with Gasteiger partial charge in [-0.25, -0.2) is 23.7 Å². The van der Waals surface area contributed by atoms with Crippen molar-refractivity contribution in [2.75, 3.05) is 19.0 Å². The number of anilines is 2. The van der Waals surface area contributed by atoms with Crippen LogP contribution in [0.4, 0.5) is 20.3 Å². The third-order valence-corrected chi connectivity index (χ3v) is 8.21. The van der Waals surface area contributed by atoms with E-state index in [4.69, 9.17) is 19.7 Å². The second kappa shape index (κ2) is 9.38. The molecular weight excluding hydrogens is 530 g/mol. The predicted octanol–water partition coefficient (Wildman–Crippen LogP) is 4.00. The number of hydrogen-bond donors (Lipinski definition) is 2. The van der Waals surface area contributed by atoms with E-state index in [9.17, 15) is 4.39 Å². The largest absolute Gasteiger partial charge is 0.466 e. The van der Waals surface area contributed by atoms with Gasteiger partial charge in [0.05, 0.1) is 28.6 Å². The first-order valence-electron chi connectivity index (χ1n) is 12.0. The van der Waals surface area contributed by atoms with E-state index >= 15 is 4.39 Å². The maximum atomic E-state index is 15.3. The van der Waals surface area contributed by atoms with Crippen LogP contribution in [0.3, 0.4) is 0 Å². The number of hydrogen-bond acceptors (Lipinski definition) is 12. The quantitative estimate of drug-likeness (QED) is 0.326. The Morgan fingerprint density at radius 3 is 2.87 bits per heavy atom. The van der Waals surface area contributed by atoms with Crippen molar-refractivity contribution in [2.24, 2.45) is 16.6 Å². The summed E-state index contributed by atoms with van der Waals surface area (Å²) in [5.74, 6) is -0.687. The van der Waals surface area contributed by atoms with E-state index < -0.39 is 17.2 Å². The molecule has 1 aromatic carbocycles. The van der Waals surface area contributed by atoms with Gasteiger partial charge in [0.15, 0.2) is 35.1 Å². The van der Waals surface area contributed by atoms with Crippen LogP contribution in [0.5, 0.6) is 5.88 Å². The standard InChI is InChI=1S/C25H24F2N8O3S/c1-12-31-19(38-35-12)10-37-18-9-30-21-16(33-18)4-5-29-22(21)32-13-6-14(20(27)15(26)7-13)24(2)17-8-25(17,11-36-3)39-23(28)34-24/h4-7,9,17H,8,10-11H2,1-3H3,(H2,28,34)(H,29,32)/t17-,24+,25+/m0/s1. The third kappa shape index (κ3) is 4.52. The molecule has 202 valence electrons. The summed E-state index contributed by atoms with van der Waals surface area (Å²) in [7, 11) is 1.61. The number of aryl methyl sites for hydroxylation is 1. The highest BCUT2D eigenvalue weighted by Gasteiger charge is 2.66. The van der Waals surface area contributed by atoms with Crippen LogP contribution in [0.15, 0.2) is 40.1 Å². The lowest BCUT2D eigenvalue weighted by Gasteiger charge is -2.34. The molecule has 3 N–H and O–H groups in total. The number of thioether (sulfide) groups is 1. The van der Waals surface area contributed by atoms with Crippen molar-refractivity contribution in [1.29, 1.82) is 0 Å². The van der Waals surface area contributed by atoms with Gasteiger partial charge in [-0.2, -0.15) is 4.98 Å². The number of amidine groups is 1. The fraction of sp³-hybridized carbons (Fsp3) is 0.360. The lowest BCUT2D eigenvalue weighted by molar-refractivity contribution is 0.184. The van der Waals surface area contributed by atoms with E-state index in [1.54, 1.807) is 33.1 Å². The van der Waals surface area contributed by atoms with Crippen LogP contribution in [0.2, 0.25) is 0 Å². The van der Waals surface area contributed by atoms with Crippen LogP contribution in [0.1, 0.15) is 30.6 Å². The molecule has 4 heterocycles. The van der Waals surface area contributed by atoms with Crippen LogP contribution in [0.25, 0.3) is 11.0 Å². The second-order valence-corrected chi connectivity index (χ2v) is 11.1. The summed E-state index contributed by atoms with van der Waals surface area (Å²) in [4.78, 5) is 21.9. The lowest BCUT2D eigenvalue weighted by atomic mass is 9.85. The summed E-state index contributed by atoms with van der Waals surface area (Å²) in [5.41, 5.74) is 6.35. The Balaban J connectivity index is 1.30. The summed E-state index contributed by atoms with van der Waals surface area (Å²) in [6.07, 6.45) is 3.68. The Morgan fingerprint density at radius 2 is 2.10 bits per heavy atom. The number of rotatable bonds is 8. The summed E-state index contributed by atoms with van der Waals surface area (Å²) in [6, 6.07) is 4.27. The molecule has 11 nitrogen and oxygen atoms in total. The highest BCUT2D eigenvalue weighted by atomic mass is 32.2. The normalized spacial score (nSPS) is 23.8.